The molecule has 0 aliphatic carbocycles. The van der Waals surface area contributed by atoms with E-state index >= 15 is 0 Å². The fourth-order valence-electron chi connectivity index (χ4n) is 3.67. The fourth-order valence-corrected chi connectivity index (χ4v) is 3.67. The molecule has 1 aromatic carbocycles. The Balaban J connectivity index is 1.47. The number of carbonyl (C=O) groups is 1. The minimum absolute atomic E-state index is 0.0656. The molecular formula is C24H27N3O3. The van der Waals surface area contributed by atoms with Crippen LogP contribution >= 0.6 is 0 Å². The minimum atomic E-state index is -0.0656. The lowest BCUT2D eigenvalue weighted by atomic mass is 10.00. The summed E-state index contributed by atoms with van der Waals surface area (Å²) >= 11 is 0. The van der Waals surface area contributed by atoms with Gasteiger partial charge in [0, 0.05) is 68.2 Å². The molecule has 6 heteroatoms. The molecule has 0 spiro atoms. The summed E-state index contributed by atoms with van der Waals surface area (Å²) in [5.74, 6) is 1.77. The van der Waals surface area contributed by atoms with Crippen molar-refractivity contribution in [3.8, 4) is 22.8 Å². The van der Waals surface area contributed by atoms with Crippen LogP contribution in [0.2, 0.25) is 0 Å². The lowest BCUT2D eigenvalue weighted by Crippen LogP contribution is -2.32. The SMILES string of the molecule is Cc1c(Oc2ccnc(-c3ccn(C)c3)c2)cccc1C(=O)NCC1CCOCC1. The van der Waals surface area contributed by atoms with E-state index in [2.05, 4.69) is 10.3 Å². The first-order valence-electron chi connectivity index (χ1n) is 10.3. The summed E-state index contributed by atoms with van der Waals surface area (Å²) in [6, 6.07) is 11.3. The van der Waals surface area contributed by atoms with Crippen molar-refractivity contribution >= 4 is 5.91 Å². The normalized spacial score (nSPS) is 14.5. The van der Waals surface area contributed by atoms with E-state index in [1.807, 2.05) is 67.3 Å². The molecule has 0 saturated carbocycles. The Morgan fingerprint density at radius 1 is 1.27 bits per heavy atom. The Morgan fingerprint density at radius 3 is 2.87 bits per heavy atom. The minimum Gasteiger partial charge on any atom is -0.457 e. The molecule has 156 valence electrons. The molecular weight excluding hydrogens is 378 g/mol. The molecule has 3 heterocycles. The number of aromatic nitrogens is 2. The van der Waals surface area contributed by atoms with E-state index in [0.29, 0.717) is 29.5 Å². The van der Waals surface area contributed by atoms with Gasteiger partial charge in [0.2, 0.25) is 0 Å². The lowest BCUT2D eigenvalue weighted by Gasteiger charge is -2.22. The average molecular weight is 405 g/mol. The molecule has 3 aromatic rings. The van der Waals surface area contributed by atoms with Crippen LogP contribution in [0, 0.1) is 12.8 Å². The third-order valence-corrected chi connectivity index (χ3v) is 5.51. The lowest BCUT2D eigenvalue weighted by molar-refractivity contribution is 0.0642. The van der Waals surface area contributed by atoms with E-state index in [9.17, 15) is 4.79 Å². The van der Waals surface area contributed by atoms with Gasteiger partial charge in [-0.15, -0.1) is 0 Å². The number of nitrogens with zero attached hydrogens (tertiary/aromatic N) is 2. The molecule has 0 atom stereocenters. The molecule has 2 aromatic heterocycles. The van der Waals surface area contributed by atoms with E-state index in [1.165, 1.54) is 0 Å². The number of hydrogen-bond acceptors (Lipinski definition) is 4. The molecule has 1 aliphatic heterocycles. The van der Waals surface area contributed by atoms with Crippen LogP contribution in [-0.4, -0.2) is 35.2 Å². The van der Waals surface area contributed by atoms with Crippen LogP contribution in [0.5, 0.6) is 11.5 Å². The van der Waals surface area contributed by atoms with Crippen molar-refractivity contribution in [1.82, 2.24) is 14.9 Å². The standard InChI is InChI=1S/C24H27N3O3/c1-17-21(24(28)26-15-18-8-12-29-13-9-18)4-3-5-23(17)30-20-6-10-25-22(14-20)19-7-11-27(2)16-19/h3-7,10-11,14,16,18H,8-9,12-13,15H2,1-2H3,(H,26,28). The molecule has 0 unspecified atom stereocenters. The van der Waals surface area contributed by atoms with Gasteiger partial charge >= 0.3 is 0 Å². The average Bonchev–Trinajstić information content (AvgIpc) is 3.21. The van der Waals surface area contributed by atoms with E-state index < -0.39 is 0 Å². The highest BCUT2D eigenvalue weighted by Gasteiger charge is 2.17. The van der Waals surface area contributed by atoms with E-state index in [1.54, 1.807) is 6.20 Å². The number of rotatable bonds is 6. The van der Waals surface area contributed by atoms with Gasteiger partial charge < -0.3 is 19.4 Å². The summed E-state index contributed by atoms with van der Waals surface area (Å²) in [5, 5.41) is 3.07. The predicted molar refractivity (Wildman–Crippen MR) is 116 cm³/mol. The molecule has 0 bridgehead atoms. The van der Waals surface area contributed by atoms with Crippen molar-refractivity contribution in [3.63, 3.8) is 0 Å². The van der Waals surface area contributed by atoms with Crippen LogP contribution in [0.1, 0.15) is 28.8 Å². The highest BCUT2D eigenvalue weighted by Crippen LogP contribution is 2.29. The number of ether oxygens (including phenoxy) is 2. The van der Waals surface area contributed by atoms with Crippen molar-refractivity contribution in [2.75, 3.05) is 19.8 Å². The van der Waals surface area contributed by atoms with Gasteiger partial charge in [-0.3, -0.25) is 9.78 Å². The smallest absolute Gasteiger partial charge is 0.251 e. The number of carbonyl (C=O) groups excluding carboxylic acids is 1. The summed E-state index contributed by atoms with van der Waals surface area (Å²) in [7, 11) is 1.98. The van der Waals surface area contributed by atoms with Crippen molar-refractivity contribution < 1.29 is 14.3 Å². The van der Waals surface area contributed by atoms with Gasteiger partial charge in [-0.1, -0.05) is 6.07 Å². The van der Waals surface area contributed by atoms with Crippen molar-refractivity contribution in [2.24, 2.45) is 13.0 Å². The van der Waals surface area contributed by atoms with Crippen molar-refractivity contribution in [2.45, 2.75) is 19.8 Å². The highest BCUT2D eigenvalue weighted by atomic mass is 16.5. The Hall–Kier alpha value is -3.12. The quantitative estimate of drug-likeness (QED) is 0.662. The molecule has 1 aliphatic rings. The first kappa shape index (κ1) is 20.2. The molecule has 1 fully saturated rings. The third kappa shape index (κ3) is 4.71. The Kier molecular flexibility index (Phi) is 6.14. The molecule has 30 heavy (non-hydrogen) atoms. The van der Waals surface area contributed by atoms with Crippen LogP contribution in [0.25, 0.3) is 11.3 Å². The number of benzene rings is 1. The van der Waals surface area contributed by atoms with Crippen molar-refractivity contribution in [3.05, 3.63) is 66.1 Å². The zero-order chi connectivity index (χ0) is 20.9. The van der Waals surface area contributed by atoms with Gasteiger partial charge in [0.15, 0.2) is 0 Å². The molecule has 0 radical (unpaired) electrons. The van der Waals surface area contributed by atoms with Crippen LogP contribution in [-0.2, 0) is 11.8 Å². The fraction of sp³-hybridized carbons (Fsp3) is 0.333. The molecule has 1 amide bonds. The van der Waals surface area contributed by atoms with E-state index in [0.717, 1.165) is 42.9 Å². The summed E-state index contributed by atoms with van der Waals surface area (Å²) < 4.78 is 13.5. The molecule has 4 rings (SSSR count). The summed E-state index contributed by atoms with van der Waals surface area (Å²) in [6.45, 7) is 4.15. The molecule has 6 nitrogen and oxygen atoms in total. The second-order valence-corrected chi connectivity index (χ2v) is 7.74. The molecule has 1 N–H and O–H groups in total. The van der Waals surface area contributed by atoms with Gasteiger partial charge in [-0.2, -0.15) is 0 Å². The Morgan fingerprint density at radius 2 is 2.10 bits per heavy atom. The highest BCUT2D eigenvalue weighted by molar-refractivity contribution is 5.96. The van der Waals surface area contributed by atoms with Gasteiger partial charge in [-0.25, -0.2) is 0 Å². The van der Waals surface area contributed by atoms with Crippen LogP contribution < -0.4 is 10.1 Å². The second kappa shape index (κ2) is 9.13. The number of hydrogen-bond donors (Lipinski definition) is 1. The van der Waals surface area contributed by atoms with Gasteiger partial charge in [0.1, 0.15) is 11.5 Å². The second-order valence-electron chi connectivity index (χ2n) is 7.74. The maximum Gasteiger partial charge on any atom is 0.251 e. The summed E-state index contributed by atoms with van der Waals surface area (Å²) in [4.78, 5) is 17.2. The number of amides is 1. The summed E-state index contributed by atoms with van der Waals surface area (Å²) in [5.41, 5.74) is 3.33. The first-order chi connectivity index (χ1) is 14.6. The van der Waals surface area contributed by atoms with Gasteiger partial charge in [0.25, 0.3) is 5.91 Å². The number of nitrogens with one attached hydrogen (secondary N) is 1. The maximum atomic E-state index is 12.7. The Bertz CT molecular complexity index is 1020. The zero-order valence-electron chi connectivity index (χ0n) is 17.4. The monoisotopic (exact) mass is 405 g/mol. The Labute approximate surface area is 176 Å². The van der Waals surface area contributed by atoms with Crippen LogP contribution in [0.15, 0.2) is 55.0 Å². The predicted octanol–water partition coefficient (Wildman–Crippen LogP) is 4.34. The van der Waals surface area contributed by atoms with Crippen LogP contribution in [0.3, 0.4) is 0 Å². The summed E-state index contributed by atoms with van der Waals surface area (Å²) in [6.07, 6.45) is 7.72. The largest absolute Gasteiger partial charge is 0.457 e. The van der Waals surface area contributed by atoms with Crippen LogP contribution in [0.4, 0.5) is 0 Å². The number of pyridine rings is 1. The van der Waals surface area contributed by atoms with Crippen molar-refractivity contribution in [1.29, 1.82) is 0 Å². The van der Waals surface area contributed by atoms with Gasteiger partial charge in [0.05, 0.1) is 5.69 Å². The van der Waals surface area contributed by atoms with Gasteiger partial charge in [-0.05, 0) is 49.9 Å². The van der Waals surface area contributed by atoms with E-state index in [4.69, 9.17) is 9.47 Å². The number of aryl methyl sites for hydroxylation is 1. The maximum absolute atomic E-state index is 12.7. The molecule has 1 saturated heterocycles. The first-order valence-corrected chi connectivity index (χ1v) is 10.3. The van der Waals surface area contributed by atoms with E-state index in [-0.39, 0.29) is 5.91 Å². The zero-order valence-corrected chi connectivity index (χ0v) is 17.4. The topological polar surface area (TPSA) is 65.4 Å². The third-order valence-electron chi connectivity index (χ3n) is 5.51.